The van der Waals surface area contributed by atoms with E-state index in [1.807, 2.05) is 0 Å². The van der Waals surface area contributed by atoms with E-state index in [9.17, 15) is 9.59 Å². The number of benzene rings is 1. The number of hydrogen-bond donors (Lipinski definition) is 1. The topological polar surface area (TPSA) is 80.6 Å². The Bertz CT molecular complexity index is 946. The van der Waals surface area contributed by atoms with Crippen LogP contribution in [0.2, 0.25) is 5.15 Å². The van der Waals surface area contributed by atoms with E-state index in [1.165, 1.54) is 10.6 Å². The molecule has 2 heterocycles. The molecular weight excluding hydrogens is 292 g/mol. The lowest BCUT2D eigenvalue weighted by atomic mass is 10.2. The van der Waals surface area contributed by atoms with Gasteiger partial charge in [0.05, 0.1) is 17.4 Å². The summed E-state index contributed by atoms with van der Waals surface area (Å²) in [6, 6.07) is 8.26. The van der Waals surface area contributed by atoms with E-state index in [2.05, 4.69) is 15.0 Å². The Balaban J connectivity index is 2.11. The minimum Gasteiger partial charge on any atom is -0.308 e. The third-order valence-corrected chi connectivity index (χ3v) is 3.33. The second kappa shape index (κ2) is 5.14. The second-order valence-electron chi connectivity index (χ2n) is 4.58. The zero-order valence-corrected chi connectivity index (χ0v) is 11.9. The highest BCUT2D eigenvalue weighted by Crippen LogP contribution is 2.07. The fourth-order valence-corrected chi connectivity index (χ4v) is 2.35. The maximum absolute atomic E-state index is 12.0. The van der Waals surface area contributed by atoms with Gasteiger partial charge in [-0.2, -0.15) is 0 Å². The van der Waals surface area contributed by atoms with Crippen molar-refractivity contribution < 1.29 is 0 Å². The molecule has 0 spiro atoms. The maximum Gasteiger partial charge on any atom is 0.258 e. The zero-order valence-electron chi connectivity index (χ0n) is 11.1. The van der Waals surface area contributed by atoms with Gasteiger partial charge in [0, 0.05) is 6.07 Å². The summed E-state index contributed by atoms with van der Waals surface area (Å²) in [6.45, 7) is 1.81. The highest BCUT2D eigenvalue weighted by molar-refractivity contribution is 6.29. The van der Waals surface area contributed by atoms with Crippen molar-refractivity contribution in [1.82, 2.24) is 19.5 Å². The summed E-state index contributed by atoms with van der Waals surface area (Å²) in [5.41, 5.74) is 0.0652. The number of aryl methyl sites for hydroxylation is 1. The summed E-state index contributed by atoms with van der Waals surface area (Å²) in [7, 11) is 0. The first-order valence-electron chi connectivity index (χ1n) is 6.26. The van der Waals surface area contributed by atoms with Gasteiger partial charge in [-0.15, -0.1) is 0 Å². The summed E-state index contributed by atoms with van der Waals surface area (Å²) in [4.78, 5) is 35.0. The van der Waals surface area contributed by atoms with Crippen molar-refractivity contribution in [3.05, 3.63) is 67.8 Å². The third kappa shape index (κ3) is 2.57. The van der Waals surface area contributed by atoms with Gasteiger partial charge in [-0.3, -0.25) is 14.2 Å². The van der Waals surface area contributed by atoms with E-state index in [0.29, 0.717) is 22.6 Å². The number of fused-ring (bicyclic) bond motifs is 1. The molecule has 0 saturated carbocycles. The monoisotopic (exact) mass is 302 g/mol. The van der Waals surface area contributed by atoms with Gasteiger partial charge < -0.3 is 4.98 Å². The van der Waals surface area contributed by atoms with Crippen LogP contribution in [0.3, 0.4) is 0 Å². The maximum atomic E-state index is 12.0. The van der Waals surface area contributed by atoms with Crippen molar-refractivity contribution in [3.63, 3.8) is 0 Å². The Morgan fingerprint density at radius 3 is 2.76 bits per heavy atom. The molecule has 0 unspecified atom stereocenters. The molecule has 0 radical (unpaired) electrons. The lowest BCUT2D eigenvalue weighted by Crippen LogP contribution is -2.25. The molecule has 0 aliphatic heterocycles. The molecule has 0 fully saturated rings. The first-order valence-corrected chi connectivity index (χ1v) is 6.64. The van der Waals surface area contributed by atoms with Gasteiger partial charge in [-0.1, -0.05) is 23.7 Å². The van der Waals surface area contributed by atoms with E-state index in [0.717, 1.165) is 0 Å². The smallest absolute Gasteiger partial charge is 0.258 e. The van der Waals surface area contributed by atoms with Gasteiger partial charge in [-0.25, -0.2) is 9.97 Å². The molecule has 0 aliphatic rings. The molecule has 1 aromatic carbocycles. The van der Waals surface area contributed by atoms with Gasteiger partial charge in [0.15, 0.2) is 0 Å². The van der Waals surface area contributed by atoms with E-state index in [-0.39, 0.29) is 22.8 Å². The van der Waals surface area contributed by atoms with Crippen molar-refractivity contribution >= 4 is 22.5 Å². The average molecular weight is 303 g/mol. The lowest BCUT2D eigenvalue weighted by Gasteiger charge is -2.09. The fourth-order valence-electron chi connectivity index (χ4n) is 2.14. The second-order valence-corrected chi connectivity index (χ2v) is 4.97. The van der Waals surface area contributed by atoms with E-state index in [1.54, 1.807) is 31.2 Å². The van der Waals surface area contributed by atoms with Gasteiger partial charge in [0.1, 0.15) is 16.8 Å². The Hall–Kier alpha value is -2.47. The van der Waals surface area contributed by atoms with Gasteiger partial charge in [0.25, 0.3) is 11.1 Å². The molecule has 1 N–H and O–H groups in total. The minimum atomic E-state index is -0.289. The average Bonchev–Trinajstić information content (AvgIpc) is 2.43. The van der Waals surface area contributed by atoms with Crippen LogP contribution < -0.4 is 11.1 Å². The number of halogens is 1. The summed E-state index contributed by atoms with van der Waals surface area (Å²) in [5.74, 6) is 0.858. The van der Waals surface area contributed by atoms with Crippen LogP contribution in [0.5, 0.6) is 0 Å². The molecule has 6 nitrogen and oxygen atoms in total. The van der Waals surface area contributed by atoms with Gasteiger partial charge in [0.2, 0.25) is 0 Å². The predicted octanol–water partition coefficient (Wildman–Crippen LogP) is 1.49. The molecule has 0 atom stereocenters. The zero-order chi connectivity index (χ0) is 15.0. The molecular formula is C14H11ClN4O2. The number of para-hydroxylation sites is 1. The fraction of sp³-hybridized carbons (Fsp3) is 0.143. The number of H-pyrrole nitrogens is 1. The summed E-state index contributed by atoms with van der Waals surface area (Å²) in [5, 5.41) is 0.660. The van der Waals surface area contributed by atoms with Crippen molar-refractivity contribution in [2.75, 3.05) is 0 Å². The SMILES string of the molecule is Cc1nc(Cl)cc(=O)n1Cc1nc2ccccc2c(=O)[nH]1. The van der Waals surface area contributed by atoms with Crippen LogP contribution in [-0.2, 0) is 6.54 Å². The van der Waals surface area contributed by atoms with Crippen LogP contribution in [0.15, 0.2) is 39.9 Å². The highest BCUT2D eigenvalue weighted by atomic mass is 35.5. The lowest BCUT2D eigenvalue weighted by molar-refractivity contribution is 0.669. The normalized spacial score (nSPS) is 11.0. The van der Waals surface area contributed by atoms with E-state index < -0.39 is 0 Å². The van der Waals surface area contributed by atoms with Crippen LogP contribution >= 0.6 is 11.6 Å². The molecule has 0 amide bonds. The number of nitrogens with one attached hydrogen (secondary N) is 1. The molecule has 106 valence electrons. The van der Waals surface area contributed by atoms with Crippen LogP contribution in [0.1, 0.15) is 11.6 Å². The molecule has 3 rings (SSSR count). The Kier molecular flexibility index (Phi) is 3.31. The Labute approximate surface area is 124 Å². The van der Waals surface area contributed by atoms with Gasteiger partial charge in [-0.05, 0) is 19.1 Å². The summed E-state index contributed by atoms with van der Waals surface area (Å²) in [6.07, 6.45) is 0. The Morgan fingerprint density at radius 1 is 1.24 bits per heavy atom. The van der Waals surface area contributed by atoms with Crippen molar-refractivity contribution in [1.29, 1.82) is 0 Å². The summed E-state index contributed by atoms with van der Waals surface area (Å²) < 4.78 is 1.40. The van der Waals surface area contributed by atoms with Gasteiger partial charge >= 0.3 is 0 Å². The van der Waals surface area contributed by atoms with Crippen molar-refractivity contribution in [2.45, 2.75) is 13.5 Å². The molecule has 0 saturated heterocycles. The minimum absolute atomic E-state index is 0.134. The molecule has 0 aliphatic carbocycles. The number of aromatic amines is 1. The van der Waals surface area contributed by atoms with Crippen molar-refractivity contribution in [3.8, 4) is 0 Å². The molecule has 3 aromatic rings. The molecule has 0 bridgehead atoms. The van der Waals surface area contributed by atoms with E-state index in [4.69, 9.17) is 11.6 Å². The molecule has 2 aromatic heterocycles. The highest BCUT2D eigenvalue weighted by Gasteiger charge is 2.08. The standard InChI is InChI=1S/C14H11ClN4O2/c1-8-16-11(15)6-13(20)19(8)7-12-17-10-5-3-2-4-9(10)14(21)18-12/h2-6H,7H2,1H3,(H,17,18,21). The van der Waals surface area contributed by atoms with Crippen LogP contribution in [-0.4, -0.2) is 19.5 Å². The van der Waals surface area contributed by atoms with Crippen LogP contribution in [0.4, 0.5) is 0 Å². The van der Waals surface area contributed by atoms with Crippen LogP contribution in [0, 0.1) is 6.92 Å². The molecule has 21 heavy (non-hydrogen) atoms. The number of hydrogen-bond acceptors (Lipinski definition) is 4. The number of aromatic nitrogens is 4. The quantitative estimate of drug-likeness (QED) is 0.727. The van der Waals surface area contributed by atoms with Crippen molar-refractivity contribution in [2.24, 2.45) is 0 Å². The third-order valence-electron chi connectivity index (χ3n) is 3.14. The predicted molar refractivity (Wildman–Crippen MR) is 79.7 cm³/mol. The summed E-state index contributed by atoms with van der Waals surface area (Å²) >= 11 is 5.73. The Morgan fingerprint density at radius 2 is 2.00 bits per heavy atom. The van der Waals surface area contributed by atoms with Crippen LogP contribution in [0.25, 0.3) is 10.9 Å². The first kappa shape index (κ1) is 13.5. The number of nitrogens with zero attached hydrogens (tertiary/aromatic N) is 3. The largest absolute Gasteiger partial charge is 0.308 e. The van der Waals surface area contributed by atoms with E-state index >= 15 is 0 Å². The number of rotatable bonds is 2. The molecule has 7 heteroatoms. The first-order chi connectivity index (χ1) is 10.0.